The molecule has 0 bridgehead atoms. The van der Waals surface area contributed by atoms with Crippen LogP contribution in [-0.4, -0.2) is 64.9 Å². The van der Waals surface area contributed by atoms with Crippen molar-refractivity contribution >= 4 is 5.82 Å². The second-order valence-electron chi connectivity index (χ2n) is 8.58. The summed E-state index contributed by atoms with van der Waals surface area (Å²) in [7, 11) is 1.57. The zero-order valence-electron chi connectivity index (χ0n) is 20.0. The number of methoxy groups -OCH3 is 1. The van der Waals surface area contributed by atoms with Gasteiger partial charge in [0.15, 0.2) is 17.2 Å². The van der Waals surface area contributed by atoms with Crippen LogP contribution in [0.2, 0.25) is 0 Å². The van der Waals surface area contributed by atoms with Gasteiger partial charge in [0.2, 0.25) is 0 Å². The third-order valence-corrected chi connectivity index (χ3v) is 6.34. The number of nitrogens with zero attached hydrogens (tertiary/aromatic N) is 5. The molecule has 2 aromatic heterocycles. The number of aryl methyl sites for hydroxylation is 1. The van der Waals surface area contributed by atoms with Crippen molar-refractivity contribution in [2.45, 2.75) is 12.5 Å². The van der Waals surface area contributed by atoms with Gasteiger partial charge in [-0.05, 0) is 24.6 Å². The lowest BCUT2D eigenvalue weighted by Crippen LogP contribution is -2.40. The Hall–Kier alpha value is -3.59. The van der Waals surface area contributed by atoms with Gasteiger partial charge in [-0.2, -0.15) is 5.10 Å². The molecule has 5 rings (SSSR count). The molecule has 1 N–H and O–H groups in total. The van der Waals surface area contributed by atoms with E-state index in [2.05, 4.69) is 24.0 Å². The summed E-state index contributed by atoms with van der Waals surface area (Å²) in [6.07, 6.45) is 1.89. The molecule has 2 aromatic carbocycles. The molecular weight excluding hydrogens is 442 g/mol. The predicted molar refractivity (Wildman–Crippen MR) is 134 cm³/mol. The number of aliphatic hydroxyl groups is 1. The van der Waals surface area contributed by atoms with Crippen molar-refractivity contribution in [3.05, 3.63) is 89.9 Å². The topological polar surface area (TPSA) is 85.5 Å². The van der Waals surface area contributed by atoms with Crippen LogP contribution in [0.1, 0.15) is 17.0 Å². The molecular formula is C27H29N5O3. The van der Waals surface area contributed by atoms with Crippen LogP contribution < -0.4 is 4.90 Å². The molecule has 3 heterocycles. The third kappa shape index (κ3) is 4.55. The zero-order chi connectivity index (χ0) is 24.3. The molecule has 35 heavy (non-hydrogen) atoms. The number of benzene rings is 2. The summed E-state index contributed by atoms with van der Waals surface area (Å²) in [6.45, 7) is 4.44. The number of hydrogen-bond acceptors (Lipinski definition) is 7. The van der Waals surface area contributed by atoms with Crippen LogP contribution in [0.3, 0.4) is 0 Å². The summed E-state index contributed by atoms with van der Waals surface area (Å²) >= 11 is 0. The second-order valence-corrected chi connectivity index (χ2v) is 8.58. The van der Waals surface area contributed by atoms with Gasteiger partial charge < -0.3 is 19.5 Å². The number of aromatic nitrogens is 4. The van der Waals surface area contributed by atoms with E-state index in [1.165, 1.54) is 5.56 Å². The molecule has 0 spiro atoms. The van der Waals surface area contributed by atoms with E-state index in [1.54, 1.807) is 11.8 Å². The van der Waals surface area contributed by atoms with Crippen LogP contribution in [0.15, 0.2) is 72.9 Å². The van der Waals surface area contributed by atoms with Crippen molar-refractivity contribution in [3.63, 3.8) is 0 Å². The van der Waals surface area contributed by atoms with E-state index in [4.69, 9.17) is 24.5 Å². The van der Waals surface area contributed by atoms with Gasteiger partial charge >= 0.3 is 0 Å². The molecule has 0 amide bonds. The van der Waals surface area contributed by atoms with Gasteiger partial charge in [-0.1, -0.05) is 54.1 Å². The van der Waals surface area contributed by atoms with Crippen molar-refractivity contribution in [2.24, 2.45) is 0 Å². The second kappa shape index (κ2) is 9.95. The van der Waals surface area contributed by atoms with Gasteiger partial charge in [0.25, 0.3) is 0 Å². The molecule has 8 heteroatoms. The number of rotatable bonds is 7. The average Bonchev–Trinajstić information content (AvgIpc) is 3.42. The van der Waals surface area contributed by atoms with Gasteiger partial charge in [-0.3, -0.25) is 0 Å². The van der Waals surface area contributed by atoms with E-state index in [-0.39, 0.29) is 6.61 Å². The Kier molecular flexibility index (Phi) is 6.59. The molecule has 1 fully saturated rings. The predicted octanol–water partition coefficient (Wildman–Crippen LogP) is 3.36. The first kappa shape index (κ1) is 23.2. The van der Waals surface area contributed by atoms with Gasteiger partial charge in [0.1, 0.15) is 5.82 Å². The van der Waals surface area contributed by atoms with E-state index >= 15 is 0 Å². The maximum absolute atomic E-state index is 10.6. The number of anilines is 1. The minimum absolute atomic E-state index is 0.312. The summed E-state index contributed by atoms with van der Waals surface area (Å²) in [5.41, 5.74) is 2.62. The van der Waals surface area contributed by atoms with E-state index in [0.717, 1.165) is 22.6 Å². The van der Waals surface area contributed by atoms with E-state index in [9.17, 15) is 5.11 Å². The molecule has 0 saturated carbocycles. The van der Waals surface area contributed by atoms with Crippen LogP contribution in [-0.2, 0) is 15.1 Å². The van der Waals surface area contributed by atoms with E-state index < -0.39 is 5.60 Å². The standard InChI is InChI=1S/C27H29N5O3/c1-20-7-6-8-21(17-20)23-11-12-32(30-23)25-18-24(31-13-15-35-16-14-31)28-26(29-25)27(19-33,34-2)22-9-4-3-5-10-22/h3-12,17-18,33H,13-16,19H2,1-2H3/t27-/m0/s1. The SMILES string of the molecule is CO[C@@](CO)(c1ccccc1)c1nc(N2CCOCC2)cc(-n2ccc(-c3cccc(C)c3)n2)n1. The summed E-state index contributed by atoms with van der Waals surface area (Å²) in [4.78, 5) is 11.9. The smallest absolute Gasteiger partial charge is 0.175 e. The minimum atomic E-state index is -1.22. The zero-order valence-corrected chi connectivity index (χ0v) is 20.0. The van der Waals surface area contributed by atoms with Crippen LogP contribution in [0.4, 0.5) is 5.82 Å². The van der Waals surface area contributed by atoms with Crippen molar-refractivity contribution < 1.29 is 14.6 Å². The van der Waals surface area contributed by atoms with Gasteiger partial charge in [0.05, 0.1) is 25.5 Å². The van der Waals surface area contributed by atoms with Crippen molar-refractivity contribution in [1.82, 2.24) is 19.7 Å². The molecule has 0 unspecified atom stereocenters. The fourth-order valence-corrected chi connectivity index (χ4v) is 4.36. The Balaban J connectivity index is 1.64. The Labute approximate surface area is 204 Å². The van der Waals surface area contributed by atoms with Crippen LogP contribution in [0.25, 0.3) is 17.1 Å². The van der Waals surface area contributed by atoms with Crippen molar-refractivity contribution in [3.8, 4) is 17.1 Å². The van der Waals surface area contributed by atoms with Crippen LogP contribution in [0, 0.1) is 6.92 Å². The lowest BCUT2D eigenvalue weighted by atomic mass is 9.93. The third-order valence-electron chi connectivity index (χ3n) is 6.34. The quantitative estimate of drug-likeness (QED) is 0.442. The monoisotopic (exact) mass is 471 g/mol. The molecule has 180 valence electrons. The normalized spacial score (nSPS) is 15.7. The van der Waals surface area contributed by atoms with Crippen LogP contribution in [0.5, 0.6) is 0 Å². The molecule has 1 aliphatic rings. The molecule has 0 aliphatic carbocycles. The highest BCUT2D eigenvalue weighted by atomic mass is 16.5. The summed E-state index contributed by atoms with van der Waals surface area (Å²) in [6, 6.07) is 21.7. The molecule has 1 saturated heterocycles. The highest BCUT2D eigenvalue weighted by Gasteiger charge is 2.38. The van der Waals surface area contributed by atoms with Gasteiger partial charge in [-0.25, -0.2) is 14.6 Å². The van der Waals surface area contributed by atoms with E-state index in [0.29, 0.717) is 37.9 Å². The summed E-state index contributed by atoms with van der Waals surface area (Å²) in [5.74, 6) is 1.72. The average molecular weight is 472 g/mol. The highest BCUT2D eigenvalue weighted by Crippen LogP contribution is 2.33. The van der Waals surface area contributed by atoms with Gasteiger partial charge in [-0.15, -0.1) is 0 Å². The maximum Gasteiger partial charge on any atom is 0.175 e. The highest BCUT2D eigenvalue weighted by molar-refractivity contribution is 5.60. The molecule has 0 radical (unpaired) electrons. The summed E-state index contributed by atoms with van der Waals surface area (Å²) in [5, 5.41) is 15.4. The maximum atomic E-state index is 10.6. The molecule has 1 atom stereocenters. The lowest BCUT2D eigenvalue weighted by molar-refractivity contribution is -0.0307. The minimum Gasteiger partial charge on any atom is -0.392 e. The van der Waals surface area contributed by atoms with Crippen molar-refractivity contribution in [2.75, 3.05) is 44.9 Å². The largest absolute Gasteiger partial charge is 0.392 e. The Morgan fingerprint density at radius 2 is 1.74 bits per heavy atom. The first-order valence-corrected chi connectivity index (χ1v) is 11.7. The Bertz CT molecular complexity index is 1280. The number of morpholine rings is 1. The first-order chi connectivity index (χ1) is 17.1. The lowest BCUT2D eigenvalue weighted by Gasteiger charge is -2.32. The Morgan fingerprint density at radius 1 is 0.971 bits per heavy atom. The first-order valence-electron chi connectivity index (χ1n) is 11.7. The molecule has 8 nitrogen and oxygen atoms in total. The number of hydrogen-bond donors (Lipinski definition) is 1. The molecule has 4 aromatic rings. The van der Waals surface area contributed by atoms with Crippen LogP contribution >= 0.6 is 0 Å². The van der Waals surface area contributed by atoms with E-state index in [1.807, 2.05) is 60.8 Å². The number of aliphatic hydroxyl groups excluding tert-OH is 1. The Morgan fingerprint density at radius 3 is 2.46 bits per heavy atom. The van der Waals surface area contributed by atoms with Crippen molar-refractivity contribution in [1.29, 1.82) is 0 Å². The molecule has 1 aliphatic heterocycles. The summed E-state index contributed by atoms with van der Waals surface area (Å²) < 4.78 is 13.2. The fourth-order valence-electron chi connectivity index (χ4n) is 4.36. The fraction of sp³-hybridized carbons (Fsp3) is 0.296. The number of ether oxygens (including phenoxy) is 2. The van der Waals surface area contributed by atoms with Gasteiger partial charge in [0, 0.05) is 38.0 Å².